The first kappa shape index (κ1) is 11.1. The predicted molar refractivity (Wildman–Crippen MR) is 48.5 cm³/mol. The van der Waals surface area contributed by atoms with Crippen LogP contribution in [-0.2, 0) is 6.54 Å². The first-order chi connectivity index (χ1) is 6.76. The molecule has 1 heterocycles. The van der Waals surface area contributed by atoms with E-state index in [2.05, 4.69) is 10.1 Å². The lowest BCUT2D eigenvalue weighted by Crippen LogP contribution is -2.29. The Balaban J connectivity index is 2.46. The lowest BCUT2D eigenvalue weighted by atomic mass is 10.4. The van der Waals surface area contributed by atoms with Crippen molar-refractivity contribution in [3.63, 3.8) is 0 Å². The van der Waals surface area contributed by atoms with Crippen molar-refractivity contribution in [2.24, 2.45) is 0 Å². The fourth-order valence-electron chi connectivity index (χ4n) is 1.16. The first-order valence-electron chi connectivity index (χ1n) is 4.49. The van der Waals surface area contributed by atoms with E-state index < -0.39 is 0 Å². The van der Waals surface area contributed by atoms with Crippen molar-refractivity contribution in [2.45, 2.75) is 13.5 Å². The van der Waals surface area contributed by atoms with Gasteiger partial charge in [0, 0.05) is 20.0 Å². The molecule has 14 heavy (non-hydrogen) atoms. The van der Waals surface area contributed by atoms with Crippen LogP contribution in [0.1, 0.15) is 11.7 Å². The van der Waals surface area contributed by atoms with Crippen LogP contribution in [0.3, 0.4) is 0 Å². The van der Waals surface area contributed by atoms with Gasteiger partial charge in [-0.1, -0.05) is 5.16 Å². The van der Waals surface area contributed by atoms with E-state index in [-0.39, 0.29) is 13.2 Å². The van der Waals surface area contributed by atoms with Crippen LogP contribution in [0.4, 0.5) is 0 Å². The SMILES string of the molecule is Cc1nc(CN(CCO)CCO)no1. The molecule has 0 spiro atoms. The van der Waals surface area contributed by atoms with Gasteiger partial charge in [0.2, 0.25) is 5.89 Å². The van der Waals surface area contributed by atoms with E-state index in [0.717, 1.165) is 0 Å². The van der Waals surface area contributed by atoms with Crippen LogP contribution in [0.25, 0.3) is 0 Å². The molecule has 6 heteroatoms. The van der Waals surface area contributed by atoms with Crippen molar-refractivity contribution in [3.05, 3.63) is 11.7 Å². The maximum atomic E-state index is 8.76. The van der Waals surface area contributed by atoms with Crippen LogP contribution in [0.5, 0.6) is 0 Å². The smallest absolute Gasteiger partial charge is 0.223 e. The molecule has 1 aromatic rings. The summed E-state index contributed by atoms with van der Waals surface area (Å²) in [6, 6.07) is 0. The van der Waals surface area contributed by atoms with Gasteiger partial charge in [-0.25, -0.2) is 0 Å². The summed E-state index contributed by atoms with van der Waals surface area (Å²) < 4.78 is 4.81. The standard InChI is InChI=1S/C8H15N3O3/c1-7-9-8(10-14-7)6-11(2-4-12)3-5-13/h12-13H,2-6H2,1H3. The molecule has 0 saturated heterocycles. The Morgan fingerprint density at radius 3 is 2.36 bits per heavy atom. The summed E-state index contributed by atoms with van der Waals surface area (Å²) in [6.45, 7) is 3.30. The highest BCUT2D eigenvalue weighted by atomic mass is 16.5. The van der Waals surface area contributed by atoms with Crippen LogP contribution in [-0.4, -0.2) is 51.6 Å². The lowest BCUT2D eigenvalue weighted by Gasteiger charge is -2.17. The Bertz CT molecular complexity index is 258. The average Bonchev–Trinajstić information content (AvgIpc) is 2.52. The van der Waals surface area contributed by atoms with Crippen molar-refractivity contribution in [2.75, 3.05) is 26.3 Å². The summed E-state index contributed by atoms with van der Waals surface area (Å²) >= 11 is 0. The number of aliphatic hydroxyl groups is 2. The van der Waals surface area contributed by atoms with Crippen molar-refractivity contribution < 1.29 is 14.7 Å². The molecule has 0 aliphatic heterocycles. The van der Waals surface area contributed by atoms with Gasteiger partial charge in [0.15, 0.2) is 5.82 Å². The highest BCUT2D eigenvalue weighted by Gasteiger charge is 2.08. The number of aromatic nitrogens is 2. The molecule has 0 aromatic carbocycles. The molecule has 1 rings (SSSR count). The van der Waals surface area contributed by atoms with Gasteiger partial charge in [-0.05, 0) is 0 Å². The van der Waals surface area contributed by atoms with Gasteiger partial charge in [-0.2, -0.15) is 4.98 Å². The Labute approximate surface area is 82.2 Å². The summed E-state index contributed by atoms with van der Waals surface area (Å²) in [5.74, 6) is 1.09. The third-order valence-corrected chi connectivity index (χ3v) is 1.77. The van der Waals surface area contributed by atoms with E-state index in [4.69, 9.17) is 14.7 Å². The van der Waals surface area contributed by atoms with E-state index in [0.29, 0.717) is 31.3 Å². The quantitative estimate of drug-likeness (QED) is 0.624. The average molecular weight is 201 g/mol. The zero-order chi connectivity index (χ0) is 10.4. The molecule has 0 amide bonds. The number of hydrogen-bond donors (Lipinski definition) is 2. The van der Waals surface area contributed by atoms with E-state index in [1.807, 2.05) is 4.90 Å². The van der Waals surface area contributed by atoms with Crippen molar-refractivity contribution >= 4 is 0 Å². The second-order valence-electron chi connectivity index (χ2n) is 2.95. The van der Waals surface area contributed by atoms with Crippen LogP contribution in [0.2, 0.25) is 0 Å². The lowest BCUT2D eigenvalue weighted by molar-refractivity contribution is 0.152. The largest absolute Gasteiger partial charge is 0.395 e. The number of rotatable bonds is 6. The topological polar surface area (TPSA) is 82.6 Å². The zero-order valence-electron chi connectivity index (χ0n) is 8.18. The van der Waals surface area contributed by atoms with Crippen LogP contribution >= 0.6 is 0 Å². The summed E-state index contributed by atoms with van der Waals surface area (Å²) in [5.41, 5.74) is 0. The minimum absolute atomic E-state index is 0.0524. The van der Waals surface area contributed by atoms with Crippen LogP contribution in [0.15, 0.2) is 4.52 Å². The maximum Gasteiger partial charge on any atom is 0.223 e. The van der Waals surface area contributed by atoms with Gasteiger partial charge < -0.3 is 14.7 Å². The summed E-state index contributed by atoms with van der Waals surface area (Å²) in [7, 11) is 0. The normalized spacial score (nSPS) is 11.1. The van der Waals surface area contributed by atoms with Gasteiger partial charge in [0.25, 0.3) is 0 Å². The Kier molecular flexibility index (Phi) is 4.51. The minimum atomic E-state index is 0.0524. The van der Waals surface area contributed by atoms with Gasteiger partial charge in [0.05, 0.1) is 19.8 Å². The highest BCUT2D eigenvalue weighted by Crippen LogP contribution is 2.00. The Hall–Kier alpha value is -0.980. The number of aliphatic hydroxyl groups excluding tert-OH is 2. The number of nitrogens with zero attached hydrogens (tertiary/aromatic N) is 3. The van der Waals surface area contributed by atoms with Gasteiger partial charge in [0.1, 0.15) is 0 Å². The molecule has 6 nitrogen and oxygen atoms in total. The summed E-state index contributed by atoms with van der Waals surface area (Å²) in [5, 5.41) is 21.2. The molecule has 0 aliphatic rings. The molecule has 80 valence electrons. The van der Waals surface area contributed by atoms with E-state index in [1.165, 1.54) is 0 Å². The fraction of sp³-hybridized carbons (Fsp3) is 0.750. The third kappa shape index (κ3) is 3.41. The molecule has 0 fully saturated rings. The number of aryl methyl sites for hydroxylation is 1. The molecule has 1 aromatic heterocycles. The molecule has 0 radical (unpaired) electrons. The minimum Gasteiger partial charge on any atom is -0.395 e. The highest BCUT2D eigenvalue weighted by molar-refractivity contribution is 4.83. The molecular weight excluding hydrogens is 186 g/mol. The zero-order valence-corrected chi connectivity index (χ0v) is 8.18. The summed E-state index contributed by atoms with van der Waals surface area (Å²) in [4.78, 5) is 5.88. The molecule has 0 unspecified atom stereocenters. The predicted octanol–water partition coefficient (Wildman–Crippen LogP) is -0.835. The van der Waals surface area contributed by atoms with Crippen molar-refractivity contribution in [3.8, 4) is 0 Å². The van der Waals surface area contributed by atoms with E-state index >= 15 is 0 Å². The molecular formula is C8H15N3O3. The first-order valence-corrected chi connectivity index (χ1v) is 4.49. The van der Waals surface area contributed by atoms with Crippen LogP contribution in [0, 0.1) is 6.92 Å². The third-order valence-electron chi connectivity index (χ3n) is 1.77. The number of hydrogen-bond acceptors (Lipinski definition) is 6. The van der Waals surface area contributed by atoms with Crippen molar-refractivity contribution in [1.82, 2.24) is 15.0 Å². The van der Waals surface area contributed by atoms with E-state index in [1.54, 1.807) is 6.92 Å². The molecule has 0 atom stereocenters. The van der Waals surface area contributed by atoms with Crippen molar-refractivity contribution in [1.29, 1.82) is 0 Å². The maximum absolute atomic E-state index is 8.76. The Morgan fingerprint density at radius 1 is 1.29 bits per heavy atom. The summed E-state index contributed by atoms with van der Waals surface area (Å²) in [6.07, 6.45) is 0. The van der Waals surface area contributed by atoms with Crippen LogP contribution < -0.4 is 0 Å². The molecule has 0 saturated carbocycles. The fourth-order valence-corrected chi connectivity index (χ4v) is 1.16. The monoisotopic (exact) mass is 201 g/mol. The molecule has 0 aliphatic carbocycles. The van der Waals surface area contributed by atoms with Gasteiger partial charge >= 0.3 is 0 Å². The van der Waals surface area contributed by atoms with Gasteiger partial charge in [-0.3, -0.25) is 4.90 Å². The molecule has 2 N–H and O–H groups in total. The Morgan fingerprint density at radius 2 is 1.93 bits per heavy atom. The second-order valence-corrected chi connectivity index (χ2v) is 2.95. The second kappa shape index (κ2) is 5.69. The molecule has 0 bridgehead atoms. The van der Waals surface area contributed by atoms with Gasteiger partial charge in [-0.15, -0.1) is 0 Å². The van der Waals surface area contributed by atoms with E-state index in [9.17, 15) is 0 Å².